The quantitative estimate of drug-likeness (QED) is 0.728. The molecule has 22 heavy (non-hydrogen) atoms. The molecule has 0 saturated heterocycles. The SMILES string of the molecule is O=C(O)c1ccnc(C(Cl)c2ccc3[nH]c(=O)ccc3c2)c1. The molecular formula is C16H11ClN2O3. The number of H-pyrrole nitrogens is 1. The van der Waals surface area contributed by atoms with Crippen LogP contribution in [0.15, 0.2) is 53.5 Å². The van der Waals surface area contributed by atoms with Crippen LogP contribution in [-0.4, -0.2) is 21.0 Å². The number of alkyl halides is 1. The van der Waals surface area contributed by atoms with E-state index in [1.807, 2.05) is 6.07 Å². The minimum atomic E-state index is -1.02. The number of aromatic nitrogens is 2. The van der Waals surface area contributed by atoms with Gasteiger partial charge in [0.2, 0.25) is 5.56 Å². The minimum Gasteiger partial charge on any atom is -0.478 e. The number of aromatic carboxylic acids is 1. The smallest absolute Gasteiger partial charge is 0.335 e. The number of carbonyl (C=O) groups is 1. The van der Waals surface area contributed by atoms with E-state index in [9.17, 15) is 9.59 Å². The highest BCUT2D eigenvalue weighted by atomic mass is 35.5. The summed E-state index contributed by atoms with van der Waals surface area (Å²) in [5.41, 5.74) is 1.92. The fraction of sp³-hybridized carbons (Fsp3) is 0.0625. The van der Waals surface area contributed by atoms with E-state index in [0.717, 1.165) is 10.9 Å². The molecule has 2 aromatic heterocycles. The van der Waals surface area contributed by atoms with Crippen molar-refractivity contribution in [2.24, 2.45) is 0 Å². The third-order valence-electron chi connectivity index (χ3n) is 3.33. The molecule has 2 N–H and O–H groups in total. The third-order valence-corrected chi connectivity index (χ3v) is 3.80. The van der Waals surface area contributed by atoms with Gasteiger partial charge >= 0.3 is 5.97 Å². The third kappa shape index (κ3) is 2.71. The number of benzene rings is 1. The number of nitrogens with zero attached hydrogens (tertiary/aromatic N) is 1. The molecule has 0 amide bonds. The van der Waals surface area contributed by atoms with Crippen LogP contribution in [0.1, 0.15) is 27.0 Å². The van der Waals surface area contributed by atoms with Crippen molar-refractivity contribution < 1.29 is 9.90 Å². The number of hydrogen-bond donors (Lipinski definition) is 2. The maximum Gasteiger partial charge on any atom is 0.335 e. The van der Waals surface area contributed by atoms with E-state index in [2.05, 4.69) is 9.97 Å². The van der Waals surface area contributed by atoms with Gasteiger partial charge in [0.15, 0.2) is 0 Å². The van der Waals surface area contributed by atoms with Crippen LogP contribution in [0, 0.1) is 0 Å². The predicted molar refractivity (Wildman–Crippen MR) is 83.5 cm³/mol. The van der Waals surface area contributed by atoms with Crippen LogP contribution in [0.2, 0.25) is 0 Å². The second kappa shape index (κ2) is 5.61. The standard InChI is InChI=1S/C16H11ClN2O3/c17-15(13-8-11(16(21)22)5-6-18-13)10-1-3-12-9(7-10)2-4-14(20)19-12/h1-8,15H,(H,19,20)(H,21,22). The van der Waals surface area contributed by atoms with E-state index < -0.39 is 11.3 Å². The summed E-state index contributed by atoms with van der Waals surface area (Å²) in [5.74, 6) is -1.02. The summed E-state index contributed by atoms with van der Waals surface area (Å²) >= 11 is 6.41. The lowest BCUT2D eigenvalue weighted by molar-refractivity contribution is 0.0696. The molecule has 0 fully saturated rings. The summed E-state index contributed by atoms with van der Waals surface area (Å²) in [7, 11) is 0. The van der Waals surface area contributed by atoms with Gasteiger partial charge in [-0.3, -0.25) is 9.78 Å². The summed E-state index contributed by atoms with van der Waals surface area (Å²) in [6, 6.07) is 11.4. The van der Waals surface area contributed by atoms with Gasteiger partial charge in [-0.15, -0.1) is 11.6 Å². The summed E-state index contributed by atoms with van der Waals surface area (Å²) in [4.78, 5) is 29.2. The zero-order valence-corrected chi connectivity index (χ0v) is 12.0. The van der Waals surface area contributed by atoms with Gasteiger partial charge in [-0.05, 0) is 41.3 Å². The van der Waals surface area contributed by atoms with Gasteiger partial charge in [0.05, 0.1) is 11.3 Å². The molecule has 110 valence electrons. The van der Waals surface area contributed by atoms with Crippen LogP contribution < -0.4 is 5.56 Å². The van der Waals surface area contributed by atoms with Crippen LogP contribution in [0.3, 0.4) is 0 Å². The zero-order valence-electron chi connectivity index (χ0n) is 11.3. The molecule has 5 nitrogen and oxygen atoms in total. The number of fused-ring (bicyclic) bond motifs is 1. The first kappa shape index (κ1) is 14.3. The summed E-state index contributed by atoms with van der Waals surface area (Å²) < 4.78 is 0. The largest absolute Gasteiger partial charge is 0.478 e. The number of halogens is 1. The molecule has 0 bridgehead atoms. The van der Waals surface area contributed by atoms with E-state index in [0.29, 0.717) is 11.2 Å². The Morgan fingerprint density at radius 3 is 2.77 bits per heavy atom. The van der Waals surface area contributed by atoms with Crippen molar-refractivity contribution in [3.8, 4) is 0 Å². The number of hydrogen-bond acceptors (Lipinski definition) is 3. The van der Waals surface area contributed by atoms with Crippen molar-refractivity contribution in [1.82, 2.24) is 9.97 Å². The maximum absolute atomic E-state index is 11.3. The van der Waals surface area contributed by atoms with Crippen molar-refractivity contribution in [3.63, 3.8) is 0 Å². The fourth-order valence-corrected chi connectivity index (χ4v) is 2.48. The monoisotopic (exact) mass is 314 g/mol. The molecule has 0 spiro atoms. The molecule has 0 aliphatic carbocycles. The fourth-order valence-electron chi connectivity index (χ4n) is 2.22. The van der Waals surface area contributed by atoms with E-state index >= 15 is 0 Å². The van der Waals surface area contributed by atoms with Gasteiger partial charge in [0.1, 0.15) is 5.38 Å². The zero-order chi connectivity index (χ0) is 15.7. The Kier molecular flexibility index (Phi) is 3.65. The van der Waals surface area contributed by atoms with Gasteiger partial charge in [0, 0.05) is 17.8 Å². The van der Waals surface area contributed by atoms with Crippen molar-refractivity contribution in [3.05, 3.63) is 75.8 Å². The summed E-state index contributed by atoms with van der Waals surface area (Å²) in [5, 5.41) is 9.30. The van der Waals surface area contributed by atoms with E-state index in [4.69, 9.17) is 16.7 Å². The lowest BCUT2D eigenvalue weighted by Gasteiger charge is -2.11. The molecule has 3 aromatic rings. The van der Waals surface area contributed by atoms with Gasteiger partial charge in [-0.1, -0.05) is 6.07 Å². The van der Waals surface area contributed by atoms with Crippen molar-refractivity contribution in [1.29, 1.82) is 0 Å². The first-order valence-electron chi connectivity index (χ1n) is 6.51. The molecule has 2 heterocycles. The lowest BCUT2D eigenvalue weighted by atomic mass is 10.0. The highest BCUT2D eigenvalue weighted by Crippen LogP contribution is 2.29. The van der Waals surface area contributed by atoms with Crippen molar-refractivity contribution in [2.75, 3.05) is 0 Å². The number of pyridine rings is 2. The Bertz CT molecular complexity index is 920. The molecule has 0 aliphatic heterocycles. The van der Waals surface area contributed by atoms with Crippen LogP contribution in [0.4, 0.5) is 0 Å². The van der Waals surface area contributed by atoms with E-state index in [1.54, 1.807) is 18.2 Å². The van der Waals surface area contributed by atoms with Crippen LogP contribution in [-0.2, 0) is 0 Å². The Morgan fingerprint density at radius 2 is 2.00 bits per heavy atom. The molecule has 3 rings (SSSR count). The molecule has 0 saturated carbocycles. The Labute approximate surface area is 130 Å². The Morgan fingerprint density at radius 1 is 1.18 bits per heavy atom. The van der Waals surface area contributed by atoms with Crippen LogP contribution >= 0.6 is 11.6 Å². The van der Waals surface area contributed by atoms with Gasteiger partial charge < -0.3 is 10.1 Å². The average Bonchev–Trinajstić information content (AvgIpc) is 2.53. The lowest BCUT2D eigenvalue weighted by Crippen LogP contribution is -2.04. The maximum atomic E-state index is 11.3. The summed E-state index contributed by atoms with van der Waals surface area (Å²) in [6.07, 6.45) is 1.42. The second-order valence-corrected chi connectivity index (χ2v) is 5.24. The molecule has 6 heteroatoms. The first-order valence-corrected chi connectivity index (χ1v) is 6.94. The molecule has 1 atom stereocenters. The normalized spacial score (nSPS) is 12.2. The molecule has 1 unspecified atom stereocenters. The van der Waals surface area contributed by atoms with E-state index in [1.165, 1.54) is 24.4 Å². The van der Waals surface area contributed by atoms with Gasteiger partial charge in [-0.25, -0.2) is 4.79 Å². The number of rotatable bonds is 3. The number of aromatic amines is 1. The van der Waals surface area contributed by atoms with Crippen LogP contribution in [0.5, 0.6) is 0 Å². The Balaban J connectivity index is 2.03. The van der Waals surface area contributed by atoms with Crippen molar-refractivity contribution in [2.45, 2.75) is 5.38 Å². The molecular weight excluding hydrogens is 304 g/mol. The summed E-state index contributed by atoms with van der Waals surface area (Å²) in [6.45, 7) is 0. The minimum absolute atomic E-state index is 0.140. The van der Waals surface area contributed by atoms with Crippen molar-refractivity contribution >= 4 is 28.5 Å². The van der Waals surface area contributed by atoms with Crippen LogP contribution in [0.25, 0.3) is 10.9 Å². The number of carboxylic acids is 1. The Hall–Kier alpha value is -2.66. The molecule has 1 aromatic carbocycles. The van der Waals surface area contributed by atoms with E-state index in [-0.39, 0.29) is 11.1 Å². The topological polar surface area (TPSA) is 83.0 Å². The highest BCUT2D eigenvalue weighted by molar-refractivity contribution is 6.22. The average molecular weight is 315 g/mol. The number of carboxylic acid groups (broad SMARTS) is 1. The number of nitrogens with one attached hydrogen (secondary N) is 1. The molecule has 0 radical (unpaired) electrons. The second-order valence-electron chi connectivity index (χ2n) is 4.81. The highest BCUT2D eigenvalue weighted by Gasteiger charge is 2.15. The predicted octanol–water partition coefficient (Wildman–Crippen LogP) is 2.95. The first-order chi connectivity index (χ1) is 10.5. The molecule has 0 aliphatic rings. The van der Waals surface area contributed by atoms with Gasteiger partial charge in [-0.2, -0.15) is 0 Å². The van der Waals surface area contributed by atoms with Gasteiger partial charge in [0.25, 0.3) is 0 Å².